The zero-order valence-corrected chi connectivity index (χ0v) is 17.8. The normalized spacial score (nSPS) is 16.1. The molecule has 0 unspecified atom stereocenters. The molecule has 1 aliphatic rings. The summed E-state index contributed by atoms with van der Waals surface area (Å²) in [6.07, 6.45) is 1.70. The number of thiazole rings is 1. The number of hydrogen-bond donors (Lipinski definition) is 1. The number of nitrogens with zero attached hydrogens (tertiary/aromatic N) is 3. The SMILES string of the molecule is CC(C)c1nc(CC(=O)Nc2cccc(S(=O)(=O)/N=C3/CCCN3C)c2)cs1. The van der Waals surface area contributed by atoms with Crippen molar-refractivity contribution in [2.24, 2.45) is 4.40 Å². The van der Waals surface area contributed by atoms with E-state index in [1.54, 1.807) is 12.1 Å². The number of sulfonamides is 1. The van der Waals surface area contributed by atoms with Gasteiger partial charge in [-0.05, 0) is 24.6 Å². The summed E-state index contributed by atoms with van der Waals surface area (Å²) in [7, 11) is -1.98. The lowest BCUT2D eigenvalue weighted by Gasteiger charge is -2.11. The first kappa shape index (κ1) is 20.5. The van der Waals surface area contributed by atoms with E-state index in [9.17, 15) is 13.2 Å². The fraction of sp³-hybridized carbons (Fsp3) is 0.421. The van der Waals surface area contributed by atoms with Crippen molar-refractivity contribution < 1.29 is 13.2 Å². The maximum absolute atomic E-state index is 12.6. The monoisotopic (exact) mass is 420 g/mol. The minimum absolute atomic E-state index is 0.0638. The molecule has 1 saturated heterocycles. The predicted octanol–water partition coefficient (Wildman–Crippen LogP) is 3.26. The van der Waals surface area contributed by atoms with Crippen molar-refractivity contribution in [3.05, 3.63) is 40.3 Å². The lowest BCUT2D eigenvalue weighted by Crippen LogP contribution is -2.20. The number of carbonyl (C=O) groups is 1. The van der Waals surface area contributed by atoms with Gasteiger partial charge in [0.05, 0.1) is 22.0 Å². The average Bonchev–Trinajstić information content (AvgIpc) is 3.24. The van der Waals surface area contributed by atoms with Crippen LogP contribution in [0.15, 0.2) is 38.9 Å². The van der Waals surface area contributed by atoms with Crippen LogP contribution in [0.1, 0.15) is 43.3 Å². The molecule has 1 N–H and O–H groups in total. The third-order valence-corrected chi connectivity index (χ3v) is 6.88. The summed E-state index contributed by atoms with van der Waals surface area (Å²) in [4.78, 5) is 18.7. The number of amides is 1. The molecule has 1 fully saturated rings. The molecule has 0 spiro atoms. The summed E-state index contributed by atoms with van der Waals surface area (Å²) in [5.41, 5.74) is 1.14. The van der Waals surface area contributed by atoms with Crippen molar-refractivity contribution >= 4 is 38.8 Å². The Bertz CT molecular complexity index is 996. The van der Waals surface area contributed by atoms with Crippen LogP contribution in [-0.2, 0) is 21.2 Å². The molecule has 0 bridgehead atoms. The highest BCUT2D eigenvalue weighted by atomic mass is 32.2. The van der Waals surface area contributed by atoms with Gasteiger partial charge in [-0.15, -0.1) is 15.7 Å². The summed E-state index contributed by atoms with van der Waals surface area (Å²) < 4.78 is 29.1. The van der Waals surface area contributed by atoms with E-state index in [-0.39, 0.29) is 17.2 Å². The minimum atomic E-state index is -3.82. The van der Waals surface area contributed by atoms with E-state index in [1.165, 1.54) is 23.5 Å². The van der Waals surface area contributed by atoms with E-state index in [0.717, 1.165) is 18.0 Å². The Kier molecular flexibility index (Phi) is 6.14. The van der Waals surface area contributed by atoms with E-state index in [4.69, 9.17) is 0 Å². The molecule has 9 heteroatoms. The number of likely N-dealkylation sites (tertiary alicyclic amines) is 1. The molecule has 2 aromatic rings. The van der Waals surface area contributed by atoms with Gasteiger partial charge in [0.25, 0.3) is 10.0 Å². The summed E-state index contributed by atoms with van der Waals surface area (Å²) in [6.45, 7) is 4.92. The van der Waals surface area contributed by atoms with Gasteiger partial charge >= 0.3 is 0 Å². The van der Waals surface area contributed by atoms with Gasteiger partial charge in [-0.25, -0.2) is 4.98 Å². The van der Waals surface area contributed by atoms with Gasteiger partial charge in [0.1, 0.15) is 5.84 Å². The number of rotatable bonds is 6. The zero-order valence-electron chi connectivity index (χ0n) is 16.2. The van der Waals surface area contributed by atoms with Crippen molar-refractivity contribution in [3.63, 3.8) is 0 Å². The Morgan fingerprint density at radius 3 is 2.82 bits per heavy atom. The smallest absolute Gasteiger partial charge is 0.284 e. The van der Waals surface area contributed by atoms with Crippen LogP contribution in [0.3, 0.4) is 0 Å². The molecule has 0 radical (unpaired) electrons. The molecule has 28 heavy (non-hydrogen) atoms. The predicted molar refractivity (Wildman–Crippen MR) is 111 cm³/mol. The highest BCUT2D eigenvalue weighted by Crippen LogP contribution is 2.22. The van der Waals surface area contributed by atoms with Gasteiger partial charge in [-0.2, -0.15) is 8.42 Å². The standard InChI is InChI=1S/C19H24N4O3S2/c1-13(2)19-21-15(12-27-19)11-18(24)20-14-6-4-7-16(10-14)28(25,26)22-17-8-5-9-23(17)3/h4,6-7,10,12-13H,5,8-9,11H2,1-3H3,(H,20,24)/b22-17-. The summed E-state index contributed by atoms with van der Waals surface area (Å²) in [5.74, 6) is 0.653. The van der Waals surface area contributed by atoms with E-state index < -0.39 is 10.0 Å². The van der Waals surface area contributed by atoms with E-state index in [1.807, 2.05) is 17.3 Å². The Balaban J connectivity index is 1.71. The van der Waals surface area contributed by atoms with Gasteiger partial charge in [0, 0.05) is 37.0 Å². The second kappa shape index (κ2) is 8.40. The molecule has 1 aromatic carbocycles. The number of benzene rings is 1. The van der Waals surface area contributed by atoms with Crippen LogP contribution in [0.25, 0.3) is 0 Å². The average molecular weight is 421 g/mol. The lowest BCUT2D eigenvalue weighted by atomic mass is 10.2. The number of hydrogen-bond acceptors (Lipinski definition) is 5. The molecule has 3 rings (SSSR count). The van der Waals surface area contributed by atoms with Crippen LogP contribution in [0.4, 0.5) is 5.69 Å². The fourth-order valence-corrected chi connectivity index (χ4v) is 4.85. The Labute approximate surface area is 169 Å². The van der Waals surface area contributed by atoms with Gasteiger partial charge in [-0.3, -0.25) is 4.79 Å². The van der Waals surface area contributed by atoms with E-state index in [0.29, 0.717) is 29.6 Å². The molecule has 150 valence electrons. The maximum atomic E-state index is 12.6. The minimum Gasteiger partial charge on any atom is -0.362 e. The van der Waals surface area contributed by atoms with Crippen LogP contribution < -0.4 is 5.32 Å². The molecule has 0 atom stereocenters. The molecule has 0 saturated carbocycles. The van der Waals surface area contributed by atoms with Crippen LogP contribution in [0, 0.1) is 0 Å². The van der Waals surface area contributed by atoms with E-state index in [2.05, 4.69) is 28.5 Å². The number of aromatic nitrogens is 1. The number of amidine groups is 1. The summed E-state index contributed by atoms with van der Waals surface area (Å²) in [5, 5.41) is 5.62. The van der Waals surface area contributed by atoms with Crippen LogP contribution in [0.2, 0.25) is 0 Å². The van der Waals surface area contributed by atoms with Gasteiger partial charge < -0.3 is 10.2 Å². The van der Waals surface area contributed by atoms with Crippen LogP contribution in [0.5, 0.6) is 0 Å². The van der Waals surface area contributed by atoms with Crippen LogP contribution in [-0.4, -0.2) is 43.6 Å². The summed E-state index contributed by atoms with van der Waals surface area (Å²) in [6, 6.07) is 6.18. The van der Waals surface area contributed by atoms with Crippen molar-refractivity contribution in [1.82, 2.24) is 9.88 Å². The van der Waals surface area contributed by atoms with Gasteiger partial charge in [0.15, 0.2) is 0 Å². The number of carbonyl (C=O) groups excluding carboxylic acids is 1. The first-order valence-corrected chi connectivity index (χ1v) is 11.5. The highest BCUT2D eigenvalue weighted by molar-refractivity contribution is 7.90. The first-order chi connectivity index (χ1) is 13.2. The molecule has 1 aromatic heterocycles. The Morgan fingerprint density at radius 1 is 1.39 bits per heavy atom. The first-order valence-electron chi connectivity index (χ1n) is 9.14. The Hall–Kier alpha value is -2.26. The van der Waals surface area contributed by atoms with Crippen molar-refractivity contribution in [2.45, 2.75) is 43.9 Å². The van der Waals surface area contributed by atoms with Gasteiger partial charge in [-0.1, -0.05) is 19.9 Å². The lowest BCUT2D eigenvalue weighted by molar-refractivity contribution is -0.115. The van der Waals surface area contributed by atoms with Crippen LogP contribution >= 0.6 is 11.3 Å². The molecule has 2 heterocycles. The zero-order chi connectivity index (χ0) is 20.3. The molecule has 1 aliphatic heterocycles. The highest BCUT2D eigenvalue weighted by Gasteiger charge is 2.20. The van der Waals surface area contributed by atoms with Crippen molar-refractivity contribution in [2.75, 3.05) is 18.9 Å². The molecule has 0 aliphatic carbocycles. The number of anilines is 1. The summed E-state index contributed by atoms with van der Waals surface area (Å²) >= 11 is 1.54. The molecular weight excluding hydrogens is 396 g/mol. The third-order valence-electron chi connectivity index (χ3n) is 4.38. The second-order valence-corrected chi connectivity index (χ2v) is 9.59. The Morgan fingerprint density at radius 2 is 2.18 bits per heavy atom. The number of nitrogens with one attached hydrogen (secondary N) is 1. The quantitative estimate of drug-likeness (QED) is 0.774. The van der Waals surface area contributed by atoms with Crippen molar-refractivity contribution in [3.8, 4) is 0 Å². The van der Waals surface area contributed by atoms with Crippen molar-refractivity contribution in [1.29, 1.82) is 0 Å². The molecule has 7 nitrogen and oxygen atoms in total. The molecule has 1 amide bonds. The van der Waals surface area contributed by atoms with Gasteiger partial charge in [0.2, 0.25) is 5.91 Å². The maximum Gasteiger partial charge on any atom is 0.284 e. The molecular formula is C19H24N4O3S2. The second-order valence-electron chi connectivity index (χ2n) is 7.09. The third kappa shape index (κ3) is 4.96. The topological polar surface area (TPSA) is 91.7 Å². The fourth-order valence-electron chi connectivity index (χ4n) is 2.87. The largest absolute Gasteiger partial charge is 0.362 e. The van der Waals surface area contributed by atoms with E-state index >= 15 is 0 Å².